The van der Waals surface area contributed by atoms with Gasteiger partial charge in [0.2, 0.25) is 5.91 Å². The van der Waals surface area contributed by atoms with Crippen molar-refractivity contribution in [2.75, 3.05) is 23.4 Å². The Morgan fingerprint density at radius 2 is 1.89 bits per heavy atom. The number of nitrogens with one attached hydrogen (secondary N) is 2. The summed E-state index contributed by atoms with van der Waals surface area (Å²) in [5.74, 6) is 0.0638. The molecule has 3 amide bonds. The number of amides is 3. The number of carbonyl (C=O) groups is 2. The minimum absolute atomic E-state index is 0.246. The van der Waals surface area contributed by atoms with Crippen LogP contribution in [0, 0.1) is 3.57 Å². The molecule has 1 atom stereocenters. The van der Waals surface area contributed by atoms with Gasteiger partial charge in [0.1, 0.15) is 11.9 Å². The number of rotatable bonds is 5. The Kier molecular flexibility index (Phi) is 7.62. The molecule has 2 heterocycles. The third kappa shape index (κ3) is 5.93. The molecule has 0 aliphatic carbocycles. The van der Waals surface area contributed by atoms with E-state index in [1.807, 2.05) is 6.07 Å². The number of sulfone groups is 1. The Hall–Kier alpha value is -2.70. The predicted octanol–water partition coefficient (Wildman–Crippen LogP) is 5.05. The number of anilines is 2. The Morgan fingerprint density at radius 1 is 1.11 bits per heavy atom. The molecular weight excluding hydrogens is 603 g/mol. The van der Waals surface area contributed by atoms with Gasteiger partial charge in [-0.1, -0.05) is 35.9 Å². The van der Waals surface area contributed by atoms with E-state index in [-0.39, 0.29) is 10.8 Å². The van der Waals surface area contributed by atoms with Gasteiger partial charge < -0.3 is 10.2 Å². The van der Waals surface area contributed by atoms with Crippen molar-refractivity contribution in [1.29, 1.82) is 0 Å². The lowest BCUT2D eigenvalue weighted by Gasteiger charge is -2.24. The Balaban J connectivity index is 1.49. The quantitative estimate of drug-likeness (QED) is 0.387. The summed E-state index contributed by atoms with van der Waals surface area (Å²) in [4.78, 5) is 31.6. The first kappa shape index (κ1) is 25.4. The first-order valence-electron chi connectivity index (χ1n) is 10.7. The van der Waals surface area contributed by atoms with Crippen molar-refractivity contribution in [3.05, 3.63) is 69.4 Å². The number of nitrogens with zero attached hydrogens (tertiary/aromatic N) is 2. The fourth-order valence-corrected chi connectivity index (χ4v) is 5.62. The van der Waals surface area contributed by atoms with Crippen LogP contribution in [-0.4, -0.2) is 49.1 Å². The van der Waals surface area contributed by atoms with Crippen LogP contribution < -0.4 is 10.6 Å². The van der Waals surface area contributed by atoms with Gasteiger partial charge in [-0.25, -0.2) is 18.2 Å². The molecule has 1 unspecified atom stereocenters. The summed E-state index contributed by atoms with van der Waals surface area (Å²) in [6.45, 7) is 0.454. The van der Waals surface area contributed by atoms with Gasteiger partial charge in [-0.05, 0) is 71.3 Å². The number of pyridine rings is 1. The van der Waals surface area contributed by atoms with E-state index in [0.717, 1.165) is 9.13 Å². The van der Waals surface area contributed by atoms with Crippen molar-refractivity contribution < 1.29 is 18.0 Å². The minimum Gasteiger partial charge on any atom is -0.323 e. The average Bonchev–Trinajstić information content (AvgIpc) is 3.32. The molecule has 2 N–H and O–H groups in total. The van der Waals surface area contributed by atoms with Gasteiger partial charge >= 0.3 is 6.03 Å². The Labute approximate surface area is 222 Å². The third-order valence-corrected chi connectivity index (χ3v) is 7.87. The van der Waals surface area contributed by atoms with E-state index >= 15 is 0 Å². The fourth-order valence-electron chi connectivity index (χ4n) is 3.94. The number of likely N-dealkylation sites (tertiary alicyclic amines) is 1. The molecule has 0 spiro atoms. The zero-order chi connectivity index (χ0) is 25.2. The summed E-state index contributed by atoms with van der Waals surface area (Å²) in [7, 11) is -3.40. The molecule has 1 aliphatic heterocycles. The molecule has 2 aromatic carbocycles. The van der Waals surface area contributed by atoms with Crippen LogP contribution in [0.25, 0.3) is 11.1 Å². The van der Waals surface area contributed by atoms with Gasteiger partial charge in [-0.2, -0.15) is 0 Å². The smallest absolute Gasteiger partial charge is 0.323 e. The van der Waals surface area contributed by atoms with Gasteiger partial charge in [0, 0.05) is 28.1 Å². The molecule has 8 nitrogen and oxygen atoms in total. The molecular formula is C24H22ClIN4O4S. The number of carbonyl (C=O) groups excluding carboxylic acids is 2. The highest BCUT2D eigenvalue weighted by Crippen LogP contribution is 2.31. The van der Waals surface area contributed by atoms with E-state index in [9.17, 15) is 18.0 Å². The highest BCUT2D eigenvalue weighted by atomic mass is 127. The zero-order valence-electron chi connectivity index (χ0n) is 18.7. The van der Waals surface area contributed by atoms with Gasteiger partial charge in [0.25, 0.3) is 0 Å². The highest BCUT2D eigenvalue weighted by molar-refractivity contribution is 14.1. The third-order valence-electron chi connectivity index (χ3n) is 5.60. The normalized spacial score (nSPS) is 15.6. The van der Waals surface area contributed by atoms with Crippen molar-refractivity contribution >= 4 is 67.5 Å². The van der Waals surface area contributed by atoms with E-state index < -0.39 is 21.9 Å². The summed E-state index contributed by atoms with van der Waals surface area (Å²) in [6, 6.07) is 14.3. The number of benzene rings is 2. The van der Waals surface area contributed by atoms with Crippen molar-refractivity contribution in [3.8, 4) is 11.1 Å². The minimum atomic E-state index is -3.40. The number of aromatic nitrogens is 1. The van der Waals surface area contributed by atoms with Crippen molar-refractivity contribution in [2.24, 2.45) is 0 Å². The van der Waals surface area contributed by atoms with Crippen molar-refractivity contribution in [2.45, 2.75) is 23.8 Å². The lowest BCUT2D eigenvalue weighted by atomic mass is 10.1. The van der Waals surface area contributed by atoms with Crippen LogP contribution in [0.3, 0.4) is 0 Å². The van der Waals surface area contributed by atoms with Crippen LogP contribution in [0.5, 0.6) is 0 Å². The van der Waals surface area contributed by atoms with Crippen molar-refractivity contribution in [3.63, 3.8) is 0 Å². The lowest BCUT2D eigenvalue weighted by Crippen LogP contribution is -2.45. The number of urea groups is 1. The molecule has 1 fully saturated rings. The van der Waals surface area contributed by atoms with Gasteiger partial charge in [-0.15, -0.1) is 0 Å². The van der Waals surface area contributed by atoms with Gasteiger partial charge in [0.05, 0.1) is 15.6 Å². The zero-order valence-corrected chi connectivity index (χ0v) is 22.4. The first-order chi connectivity index (χ1) is 16.6. The molecule has 35 heavy (non-hydrogen) atoms. The largest absolute Gasteiger partial charge is 0.323 e. The molecule has 182 valence electrons. The summed E-state index contributed by atoms with van der Waals surface area (Å²) in [5, 5.41) is 6.07. The van der Waals surface area contributed by atoms with E-state index in [0.29, 0.717) is 41.5 Å². The van der Waals surface area contributed by atoms with E-state index in [1.165, 1.54) is 17.4 Å². The monoisotopic (exact) mass is 624 g/mol. The average molecular weight is 625 g/mol. The first-order valence-corrected chi connectivity index (χ1v) is 14.1. The van der Waals surface area contributed by atoms with Crippen LogP contribution >= 0.6 is 34.2 Å². The maximum Gasteiger partial charge on any atom is 0.323 e. The topological polar surface area (TPSA) is 108 Å². The van der Waals surface area contributed by atoms with Crippen LogP contribution in [0.15, 0.2) is 65.7 Å². The molecule has 0 bridgehead atoms. The highest BCUT2D eigenvalue weighted by Gasteiger charge is 2.34. The van der Waals surface area contributed by atoms with E-state index in [2.05, 4.69) is 38.2 Å². The van der Waals surface area contributed by atoms with Crippen LogP contribution in [0.4, 0.5) is 16.3 Å². The molecule has 1 aromatic heterocycles. The number of hydrogen-bond acceptors (Lipinski definition) is 5. The van der Waals surface area contributed by atoms with Crippen LogP contribution in [0.1, 0.15) is 12.8 Å². The summed E-state index contributed by atoms with van der Waals surface area (Å²) >= 11 is 7.94. The Bertz CT molecular complexity index is 1380. The maximum absolute atomic E-state index is 13.1. The van der Waals surface area contributed by atoms with E-state index in [4.69, 9.17) is 11.6 Å². The van der Waals surface area contributed by atoms with Crippen LogP contribution in [-0.2, 0) is 14.6 Å². The molecule has 0 radical (unpaired) electrons. The SMILES string of the molecule is CS(=O)(=O)c1ccccc1-c1ccc(NC(=O)C2CCCN2C(=O)Nc2ccc(Cl)cn2)c(I)c1. The summed E-state index contributed by atoms with van der Waals surface area (Å²) in [6.07, 6.45) is 3.87. The molecule has 1 aliphatic rings. The number of hydrogen-bond donors (Lipinski definition) is 2. The van der Waals surface area contributed by atoms with E-state index in [1.54, 1.807) is 48.5 Å². The molecule has 0 saturated carbocycles. The summed E-state index contributed by atoms with van der Waals surface area (Å²) in [5.41, 5.74) is 1.91. The predicted molar refractivity (Wildman–Crippen MR) is 144 cm³/mol. The van der Waals surface area contributed by atoms with Gasteiger partial charge in [0.15, 0.2) is 9.84 Å². The second-order valence-electron chi connectivity index (χ2n) is 8.10. The molecule has 3 aromatic rings. The fraction of sp³-hybridized carbons (Fsp3) is 0.208. The molecule has 11 heteroatoms. The second-order valence-corrected chi connectivity index (χ2v) is 11.7. The molecule has 1 saturated heterocycles. The second kappa shape index (κ2) is 10.5. The Morgan fingerprint density at radius 3 is 2.57 bits per heavy atom. The van der Waals surface area contributed by atoms with Gasteiger partial charge in [-0.3, -0.25) is 10.1 Å². The van der Waals surface area contributed by atoms with Crippen LogP contribution in [0.2, 0.25) is 5.02 Å². The van der Waals surface area contributed by atoms with Crippen molar-refractivity contribution in [1.82, 2.24) is 9.88 Å². The summed E-state index contributed by atoms with van der Waals surface area (Å²) < 4.78 is 25.1. The lowest BCUT2D eigenvalue weighted by molar-refractivity contribution is -0.119. The number of halogens is 2. The standard InChI is InChI=1S/C24H22ClIN4O4S/c1-35(33,34)21-7-3-2-5-17(21)15-8-10-19(18(26)13-15)28-23(31)20-6-4-12-30(20)24(32)29-22-11-9-16(25)14-27-22/h2-3,5,7-11,13-14,20H,4,6,12H2,1H3,(H,28,31)(H,27,29,32). The maximum atomic E-state index is 13.1. The molecule has 4 rings (SSSR count).